The van der Waals surface area contributed by atoms with Crippen molar-refractivity contribution in [2.24, 2.45) is 0 Å². The van der Waals surface area contributed by atoms with Crippen LogP contribution in [-0.4, -0.2) is 29.8 Å². The number of carbonyl (C=O) groups is 2. The van der Waals surface area contributed by atoms with Crippen molar-refractivity contribution < 1.29 is 32.6 Å². The van der Waals surface area contributed by atoms with Gasteiger partial charge in [0.1, 0.15) is 0 Å². The molecule has 4 rings (SSSR count). The minimum absolute atomic E-state index is 0.0217. The van der Waals surface area contributed by atoms with Gasteiger partial charge in [0.25, 0.3) is 5.91 Å². The van der Waals surface area contributed by atoms with E-state index in [0.717, 1.165) is 23.9 Å². The van der Waals surface area contributed by atoms with Gasteiger partial charge in [-0.15, -0.1) is 0 Å². The van der Waals surface area contributed by atoms with Crippen molar-refractivity contribution in [1.82, 2.24) is 5.32 Å². The number of aromatic hydroxyl groups is 1. The first-order chi connectivity index (χ1) is 20.0. The monoisotopic (exact) mass is 594 g/mol. The van der Waals surface area contributed by atoms with E-state index < -0.39 is 29.5 Å². The second-order valence-corrected chi connectivity index (χ2v) is 10.1. The average Bonchev–Trinajstić information content (AvgIpc) is 2.96. The lowest BCUT2D eigenvalue weighted by atomic mass is 9.82. The predicted octanol–water partition coefficient (Wildman–Crippen LogP) is 6.13. The molecule has 0 aliphatic carbocycles. The first-order valence-corrected chi connectivity index (χ1v) is 13.5. The summed E-state index contributed by atoms with van der Waals surface area (Å²) >= 11 is 0.965. The van der Waals surface area contributed by atoms with Crippen LogP contribution in [0.1, 0.15) is 24.0 Å². The molecule has 0 saturated carbocycles. The van der Waals surface area contributed by atoms with Crippen molar-refractivity contribution >= 4 is 35.0 Å². The first kappa shape index (κ1) is 30.1. The number of allylic oxidation sites excluding steroid dienone is 2. The Morgan fingerprint density at radius 3 is 2.43 bits per heavy atom. The number of rotatable bonds is 8. The van der Waals surface area contributed by atoms with Crippen LogP contribution in [0.15, 0.2) is 94.7 Å². The van der Waals surface area contributed by atoms with Crippen LogP contribution in [0.3, 0.4) is 0 Å². The van der Waals surface area contributed by atoms with Gasteiger partial charge in [0.2, 0.25) is 5.91 Å². The molecule has 1 heterocycles. The highest BCUT2D eigenvalue weighted by atomic mass is 32.2. The van der Waals surface area contributed by atoms with Crippen molar-refractivity contribution in [2.75, 3.05) is 23.5 Å². The Kier molecular flexibility index (Phi) is 9.12. The zero-order valence-corrected chi connectivity index (χ0v) is 23.2. The summed E-state index contributed by atoms with van der Waals surface area (Å²) in [4.78, 5) is 26.2. The lowest BCUT2D eigenvalue weighted by Gasteiger charge is -2.30. The molecule has 0 fully saturated rings. The second-order valence-electron chi connectivity index (χ2n) is 9.12. The number of thioether (sulfide) groups is 1. The Morgan fingerprint density at radius 2 is 1.76 bits per heavy atom. The number of phenolic OH excluding ortho intramolecular Hbond substituents is 1. The van der Waals surface area contributed by atoms with Gasteiger partial charge in [-0.05, 0) is 55.0 Å². The number of hydrogen-bond donors (Lipinski definition) is 4. The van der Waals surface area contributed by atoms with Gasteiger partial charge in [0.15, 0.2) is 11.5 Å². The molecule has 1 atom stereocenters. The molecule has 4 N–H and O–H groups in total. The lowest BCUT2D eigenvalue weighted by Crippen LogP contribution is -2.31. The zero-order chi connectivity index (χ0) is 30.4. The maximum atomic E-state index is 13.5. The highest BCUT2D eigenvalue weighted by Crippen LogP contribution is 2.43. The number of anilines is 2. The predicted molar refractivity (Wildman–Crippen MR) is 153 cm³/mol. The molecule has 0 radical (unpaired) electrons. The van der Waals surface area contributed by atoms with E-state index in [1.165, 1.54) is 31.4 Å². The molecule has 8 nitrogen and oxygen atoms in total. The van der Waals surface area contributed by atoms with E-state index in [1.54, 1.807) is 43.3 Å². The largest absolute Gasteiger partial charge is 0.504 e. The van der Waals surface area contributed by atoms with Crippen LogP contribution < -0.4 is 20.7 Å². The number of methoxy groups -OCH3 is 1. The second kappa shape index (κ2) is 12.7. The zero-order valence-electron chi connectivity index (χ0n) is 22.4. The smallest absolute Gasteiger partial charge is 0.416 e. The highest BCUT2D eigenvalue weighted by molar-refractivity contribution is 8.03. The number of nitrogens with zero attached hydrogens (tertiary/aromatic N) is 1. The number of halogens is 3. The molecule has 12 heteroatoms. The molecule has 1 aliphatic rings. The first-order valence-electron chi connectivity index (χ1n) is 12.5. The van der Waals surface area contributed by atoms with E-state index in [2.05, 4.69) is 22.0 Å². The number of para-hydroxylation sites is 1. The summed E-state index contributed by atoms with van der Waals surface area (Å²) in [6, 6.07) is 19.7. The average molecular weight is 595 g/mol. The number of amides is 2. The molecule has 0 spiro atoms. The van der Waals surface area contributed by atoms with Crippen molar-refractivity contribution in [3.05, 3.63) is 106 Å². The van der Waals surface area contributed by atoms with Gasteiger partial charge >= 0.3 is 6.18 Å². The number of nitriles is 1. The number of phenols is 1. The number of benzene rings is 3. The van der Waals surface area contributed by atoms with E-state index in [-0.39, 0.29) is 34.1 Å². The molecule has 0 saturated heterocycles. The van der Waals surface area contributed by atoms with Crippen LogP contribution in [-0.2, 0) is 15.8 Å². The van der Waals surface area contributed by atoms with E-state index in [0.29, 0.717) is 22.0 Å². The third-order valence-electron chi connectivity index (χ3n) is 6.28. The minimum atomic E-state index is -4.56. The standard InChI is InChI=1S/C30H25F3N4O4S/c1-17-26(28(40)37-20-8-4-3-5-9-20)27(18-11-12-23(38)24(13-18)41-2)22(15-34)29(35-17)42-16-25(39)36-21-10-6-7-19(14-21)30(31,32)33/h3-14,27,35,38H,16H2,1-2H3,(H,36,39)(H,37,40). The molecule has 3 aromatic rings. The Hall–Kier alpha value is -4.89. The van der Waals surface area contributed by atoms with Crippen molar-refractivity contribution in [3.8, 4) is 17.6 Å². The highest BCUT2D eigenvalue weighted by Gasteiger charge is 2.35. The van der Waals surface area contributed by atoms with Gasteiger partial charge in [-0.25, -0.2) is 0 Å². The van der Waals surface area contributed by atoms with Crippen molar-refractivity contribution in [1.29, 1.82) is 5.26 Å². The third kappa shape index (κ3) is 6.87. The van der Waals surface area contributed by atoms with Crippen LogP contribution in [0.2, 0.25) is 0 Å². The number of carbonyl (C=O) groups excluding carboxylic acids is 2. The van der Waals surface area contributed by atoms with Crippen molar-refractivity contribution in [2.45, 2.75) is 19.0 Å². The fourth-order valence-electron chi connectivity index (χ4n) is 4.36. The molecule has 0 bridgehead atoms. The Balaban J connectivity index is 1.64. The third-order valence-corrected chi connectivity index (χ3v) is 7.30. The minimum Gasteiger partial charge on any atom is -0.504 e. The summed E-state index contributed by atoms with van der Waals surface area (Å²) in [6.07, 6.45) is -4.56. The Morgan fingerprint density at radius 1 is 1.05 bits per heavy atom. The molecule has 216 valence electrons. The summed E-state index contributed by atoms with van der Waals surface area (Å²) < 4.78 is 44.4. The van der Waals surface area contributed by atoms with Gasteiger partial charge in [-0.2, -0.15) is 18.4 Å². The SMILES string of the molecule is COc1cc(C2C(C#N)=C(SCC(=O)Nc3cccc(C(F)(F)F)c3)NC(C)=C2C(=O)Nc2ccccc2)ccc1O. The van der Waals surface area contributed by atoms with E-state index >= 15 is 0 Å². The summed E-state index contributed by atoms with van der Waals surface area (Å²) in [5.74, 6) is -2.20. The van der Waals surface area contributed by atoms with E-state index in [9.17, 15) is 33.1 Å². The number of ether oxygens (including phenoxy) is 1. The molecule has 42 heavy (non-hydrogen) atoms. The number of dihydropyridines is 1. The van der Waals surface area contributed by atoms with Crippen LogP contribution in [0.25, 0.3) is 0 Å². The lowest BCUT2D eigenvalue weighted by molar-refractivity contribution is -0.137. The van der Waals surface area contributed by atoms with Crippen LogP contribution in [0.4, 0.5) is 24.5 Å². The fraction of sp³-hybridized carbons (Fsp3) is 0.167. The molecule has 3 aromatic carbocycles. The van der Waals surface area contributed by atoms with Gasteiger partial charge in [-0.1, -0.05) is 42.1 Å². The van der Waals surface area contributed by atoms with Gasteiger partial charge in [0.05, 0.1) is 41.0 Å². The number of alkyl halides is 3. The van der Waals surface area contributed by atoms with Crippen LogP contribution >= 0.6 is 11.8 Å². The van der Waals surface area contributed by atoms with Gasteiger partial charge in [0, 0.05) is 22.6 Å². The molecule has 1 unspecified atom stereocenters. The fourth-order valence-corrected chi connectivity index (χ4v) is 5.25. The summed E-state index contributed by atoms with van der Waals surface area (Å²) in [5, 5.41) is 29.0. The molecule has 2 amide bonds. The van der Waals surface area contributed by atoms with E-state index in [4.69, 9.17) is 4.74 Å². The molecular formula is C30H25F3N4O4S. The number of nitrogens with one attached hydrogen (secondary N) is 3. The maximum Gasteiger partial charge on any atom is 0.416 e. The van der Waals surface area contributed by atoms with E-state index in [1.807, 2.05) is 0 Å². The topological polar surface area (TPSA) is 123 Å². The van der Waals surface area contributed by atoms with Crippen molar-refractivity contribution in [3.63, 3.8) is 0 Å². The van der Waals surface area contributed by atoms with Crippen LogP contribution in [0.5, 0.6) is 11.5 Å². The van der Waals surface area contributed by atoms with Gasteiger partial charge in [-0.3, -0.25) is 9.59 Å². The molecular weight excluding hydrogens is 569 g/mol. The normalized spacial score (nSPS) is 15.0. The Bertz CT molecular complexity index is 1610. The Labute approximate surface area is 243 Å². The van der Waals surface area contributed by atoms with Crippen LogP contribution in [0, 0.1) is 11.3 Å². The number of hydrogen-bond acceptors (Lipinski definition) is 7. The summed E-state index contributed by atoms with van der Waals surface area (Å²) in [6.45, 7) is 1.65. The molecule has 1 aliphatic heterocycles. The van der Waals surface area contributed by atoms with Gasteiger partial charge < -0.3 is 25.8 Å². The molecule has 0 aromatic heterocycles. The quantitative estimate of drug-likeness (QED) is 0.248. The summed E-state index contributed by atoms with van der Waals surface area (Å²) in [5.41, 5.74) is 0.882. The summed E-state index contributed by atoms with van der Waals surface area (Å²) in [7, 11) is 1.37. The maximum absolute atomic E-state index is 13.5.